The third-order valence-electron chi connectivity index (χ3n) is 2.47. The number of hydrogen-bond donors (Lipinski definition) is 2. The highest BCUT2D eigenvalue weighted by Crippen LogP contribution is 2.21. The van der Waals surface area contributed by atoms with Crippen LogP contribution in [-0.4, -0.2) is 25.0 Å². The number of carbonyl (C=O) groups is 1. The SMILES string of the molecule is O=C(NCCCNC1CC1)c1sccc1Cl. The fourth-order valence-corrected chi connectivity index (χ4v) is 2.48. The molecule has 3 nitrogen and oxygen atoms in total. The Bertz CT molecular complexity index is 363. The minimum atomic E-state index is -0.0635. The molecule has 1 aromatic rings. The summed E-state index contributed by atoms with van der Waals surface area (Å²) in [6, 6.07) is 2.48. The van der Waals surface area contributed by atoms with Gasteiger partial charge in [0.2, 0.25) is 0 Å². The zero-order chi connectivity index (χ0) is 11.4. The molecule has 1 saturated carbocycles. The van der Waals surface area contributed by atoms with Gasteiger partial charge in [0.05, 0.1) is 5.02 Å². The average molecular weight is 259 g/mol. The van der Waals surface area contributed by atoms with Crippen LogP contribution in [0.5, 0.6) is 0 Å². The fraction of sp³-hybridized carbons (Fsp3) is 0.545. The highest BCUT2D eigenvalue weighted by Gasteiger charge is 2.19. The number of halogens is 1. The topological polar surface area (TPSA) is 41.1 Å². The largest absolute Gasteiger partial charge is 0.351 e. The van der Waals surface area contributed by atoms with Gasteiger partial charge in [0, 0.05) is 12.6 Å². The van der Waals surface area contributed by atoms with Crippen LogP contribution >= 0.6 is 22.9 Å². The van der Waals surface area contributed by atoms with Crippen molar-refractivity contribution in [2.24, 2.45) is 0 Å². The van der Waals surface area contributed by atoms with E-state index >= 15 is 0 Å². The average Bonchev–Trinajstić information content (AvgIpc) is 2.99. The van der Waals surface area contributed by atoms with Gasteiger partial charge in [0.1, 0.15) is 4.88 Å². The van der Waals surface area contributed by atoms with Gasteiger partial charge in [0.15, 0.2) is 0 Å². The molecule has 5 heteroatoms. The van der Waals surface area contributed by atoms with E-state index in [0.29, 0.717) is 16.4 Å². The normalized spacial score (nSPS) is 15.1. The summed E-state index contributed by atoms with van der Waals surface area (Å²) < 4.78 is 0. The molecule has 0 saturated heterocycles. The molecule has 1 aromatic heterocycles. The van der Waals surface area contributed by atoms with Gasteiger partial charge in [-0.2, -0.15) is 0 Å². The number of amides is 1. The monoisotopic (exact) mass is 258 g/mol. The molecule has 1 aliphatic rings. The Morgan fingerprint density at radius 2 is 2.31 bits per heavy atom. The number of rotatable bonds is 6. The second-order valence-electron chi connectivity index (χ2n) is 3.94. The maximum absolute atomic E-state index is 11.6. The van der Waals surface area contributed by atoms with Crippen LogP contribution in [0.2, 0.25) is 5.02 Å². The van der Waals surface area contributed by atoms with E-state index in [2.05, 4.69) is 10.6 Å². The second-order valence-corrected chi connectivity index (χ2v) is 5.26. The first kappa shape index (κ1) is 11.9. The van der Waals surface area contributed by atoms with E-state index in [4.69, 9.17) is 11.6 Å². The predicted octanol–water partition coefficient (Wildman–Crippen LogP) is 2.27. The van der Waals surface area contributed by atoms with Crippen molar-refractivity contribution in [3.8, 4) is 0 Å². The molecule has 2 N–H and O–H groups in total. The lowest BCUT2D eigenvalue weighted by Crippen LogP contribution is -2.27. The minimum absolute atomic E-state index is 0.0635. The Balaban J connectivity index is 1.61. The molecule has 0 unspecified atom stereocenters. The van der Waals surface area contributed by atoms with Crippen LogP contribution in [0.3, 0.4) is 0 Å². The van der Waals surface area contributed by atoms with E-state index < -0.39 is 0 Å². The zero-order valence-electron chi connectivity index (χ0n) is 8.96. The van der Waals surface area contributed by atoms with Crippen molar-refractivity contribution in [3.63, 3.8) is 0 Å². The van der Waals surface area contributed by atoms with Crippen molar-refractivity contribution < 1.29 is 4.79 Å². The molecule has 1 aliphatic carbocycles. The predicted molar refractivity (Wildman–Crippen MR) is 67.3 cm³/mol. The molecule has 88 valence electrons. The Morgan fingerprint density at radius 1 is 1.50 bits per heavy atom. The quantitative estimate of drug-likeness (QED) is 0.769. The molecule has 1 fully saturated rings. The fourth-order valence-electron chi connectivity index (χ4n) is 1.42. The van der Waals surface area contributed by atoms with Crippen molar-refractivity contribution in [3.05, 3.63) is 21.3 Å². The van der Waals surface area contributed by atoms with Crippen LogP contribution in [-0.2, 0) is 0 Å². The summed E-state index contributed by atoms with van der Waals surface area (Å²) in [4.78, 5) is 12.2. The van der Waals surface area contributed by atoms with Crippen LogP contribution in [0.25, 0.3) is 0 Å². The zero-order valence-corrected chi connectivity index (χ0v) is 10.5. The molecule has 0 spiro atoms. The van der Waals surface area contributed by atoms with Crippen LogP contribution in [0.1, 0.15) is 28.9 Å². The minimum Gasteiger partial charge on any atom is -0.351 e. The lowest BCUT2D eigenvalue weighted by Gasteiger charge is -2.04. The summed E-state index contributed by atoms with van der Waals surface area (Å²) in [5.74, 6) is -0.0635. The summed E-state index contributed by atoms with van der Waals surface area (Å²) in [7, 11) is 0. The molecule has 16 heavy (non-hydrogen) atoms. The summed E-state index contributed by atoms with van der Waals surface area (Å²) in [5.41, 5.74) is 0. The second kappa shape index (κ2) is 5.66. The molecule has 0 aromatic carbocycles. The maximum atomic E-state index is 11.6. The van der Waals surface area contributed by atoms with Crippen molar-refractivity contribution in [1.29, 1.82) is 0 Å². The van der Waals surface area contributed by atoms with Gasteiger partial charge >= 0.3 is 0 Å². The van der Waals surface area contributed by atoms with Crippen molar-refractivity contribution >= 4 is 28.8 Å². The van der Waals surface area contributed by atoms with Gasteiger partial charge in [-0.25, -0.2) is 0 Å². The third-order valence-corrected chi connectivity index (χ3v) is 3.81. The van der Waals surface area contributed by atoms with Gasteiger partial charge in [-0.15, -0.1) is 11.3 Å². The highest BCUT2D eigenvalue weighted by molar-refractivity contribution is 7.12. The van der Waals surface area contributed by atoms with E-state index in [0.717, 1.165) is 19.0 Å². The first-order valence-corrected chi connectivity index (χ1v) is 6.77. The van der Waals surface area contributed by atoms with E-state index in [1.807, 2.05) is 5.38 Å². The van der Waals surface area contributed by atoms with Crippen LogP contribution in [0.4, 0.5) is 0 Å². The van der Waals surface area contributed by atoms with E-state index in [-0.39, 0.29) is 5.91 Å². The molecule has 0 radical (unpaired) electrons. The van der Waals surface area contributed by atoms with Crippen molar-refractivity contribution in [2.45, 2.75) is 25.3 Å². The summed E-state index contributed by atoms with van der Waals surface area (Å²) in [6.45, 7) is 1.68. The number of hydrogen-bond acceptors (Lipinski definition) is 3. The first-order chi connectivity index (χ1) is 7.77. The molecule has 2 rings (SSSR count). The van der Waals surface area contributed by atoms with Crippen molar-refractivity contribution in [2.75, 3.05) is 13.1 Å². The molecule has 0 aliphatic heterocycles. The molecular formula is C11H15ClN2OS. The Kier molecular flexibility index (Phi) is 4.21. The van der Waals surface area contributed by atoms with Gasteiger partial charge in [-0.1, -0.05) is 11.6 Å². The number of thiophene rings is 1. The standard InChI is InChI=1S/C11H15ClN2OS/c12-9-4-7-16-10(9)11(15)14-6-1-5-13-8-2-3-8/h4,7-8,13H,1-3,5-6H2,(H,14,15). The molecule has 0 bridgehead atoms. The Labute approximate surface area is 104 Å². The summed E-state index contributed by atoms with van der Waals surface area (Å²) in [6.07, 6.45) is 3.57. The Morgan fingerprint density at radius 3 is 2.94 bits per heavy atom. The van der Waals surface area contributed by atoms with Gasteiger partial charge < -0.3 is 10.6 Å². The summed E-state index contributed by atoms with van der Waals surface area (Å²) in [5, 5.41) is 8.63. The molecule has 0 atom stereocenters. The van der Waals surface area contributed by atoms with E-state index in [1.54, 1.807) is 6.07 Å². The first-order valence-electron chi connectivity index (χ1n) is 5.52. The molecule has 1 heterocycles. The lowest BCUT2D eigenvalue weighted by molar-refractivity contribution is 0.0957. The third kappa shape index (κ3) is 3.47. The van der Waals surface area contributed by atoms with Gasteiger partial charge in [0.25, 0.3) is 5.91 Å². The number of nitrogens with one attached hydrogen (secondary N) is 2. The Hall–Kier alpha value is -0.580. The highest BCUT2D eigenvalue weighted by atomic mass is 35.5. The van der Waals surface area contributed by atoms with Crippen molar-refractivity contribution in [1.82, 2.24) is 10.6 Å². The summed E-state index contributed by atoms with van der Waals surface area (Å²) >= 11 is 7.24. The number of carbonyl (C=O) groups excluding carboxylic acids is 1. The smallest absolute Gasteiger partial charge is 0.262 e. The maximum Gasteiger partial charge on any atom is 0.262 e. The molecular weight excluding hydrogens is 244 g/mol. The van der Waals surface area contributed by atoms with E-state index in [9.17, 15) is 4.79 Å². The lowest BCUT2D eigenvalue weighted by atomic mass is 10.4. The van der Waals surface area contributed by atoms with Crippen LogP contribution in [0.15, 0.2) is 11.4 Å². The van der Waals surface area contributed by atoms with Gasteiger partial charge in [-0.05, 0) is 37.3 Å². The van der Waals surface area contributed by atoms with Crippen LogP contribution < -0.4 is 10.6 Å². The van der Waals surface area contributed by atoms with E-state index in [1.165, 1.54) is 24.2 Å². The van der Waals surface area contributed by atoms with Gasteiger partial charge in [-0.3, -0.25) is 4.79 Å². The van der Waals surface area contributed by atoms with Crippen LogP contribution in [0, 0.1) is 0 Å². The molecule has 1 amide bonds.